The van der Waals surface area contributed by atoms with Crippen LogP contribution >= 0.6 is 0 Å². The van der Waals surface area contributed by atoms with Crippen LogP contribution in [0.1, 0.15) is 29.5 Å². The summed E-state index contributed by atoms with van der Waals surface area (Å²) in [6.45, 7) is 2.12. The molecule has 0 amide bonds. The van der Waals surface area contributed by atoms with Crippen LogP contribution in [0, 0.1) is 11.3 Å². The first kappa shape index (κ1) is 17.7. The van der Waals surface area contributed by atoms with Gasteiger partial charge in [0.15, 0.2) is 0 Å². The minimum atomic E-state index is -0.442. The first-order valence-corrected chi connectivity index (χ1v) is 9.19. The molecule has 0 spiro atoms. The number of pyridine rings is 1. The monoisotopic (exact) mass is 369 g/mol. The molecule has 5 heteroatoms. The summed E-state index contributed by atoms with van der Waals surface area (Å²) < 4.78 is 5.33. The lowest BCUT2D eigenvalue weighted by Crippen LogP contribution is -2.23. The quantitative estimate of drug-likeness (QED) is 0.703. The second-order valence-electron chi connectivity index (χ2n) is 6.65. The first-order chi connectivity index (χ1) is 13.7. The van der Waals surface area contributed by atoms with E-state index in [0.29, 0.717) is 18.6 Å². The number of carbonyl (C=O) groups excluding carboxylic acids is 1. The number of aromatic nitrogens is 1. The number of rotatable bonds is 3. The van der Waals surface area contributed by atoms with Crippen LogP contribution < -0.4 is 5.73 Å². The Labute approximate surface area is 163 Å². The van der Waals surface area contributed by atoms with Gasteiger partial charge < -0.3 is 10.5 Å². The lowest BCUT2D eigenvalue weighted by atomic mass is 9.77. The van der Waals surface area contributed by atoms with Crippen LogP contribution in [-0.2, 0) is 16.0 Å². The molecule has 1 aliphatic rings. The molecule has 138 valence electrons. The fraction of sp³-hybridized carbons (Fsp3) is 0.174. The van der Waals surface area contributed by atoms with E-state index in [1.807, 2.05) is 54.6 Å². The zero-order chi connectivity index (χ0) is 19.7. The van der Waals surface area contributed by atoms with Crippen molar-refractivity contribution < 1.29 is 9.53 Å². The molecule has 5 nitrogen and oxygen atoms in total. The maximum Gasteiger partial charge on any atom is 0.313 e. The van der Waals surface area contributed by atoms with Gasteiger partial charge in [0.1, 0.15) is 17.5 Å². The number of nitriles is 1. The second-order valence-corrected chi connectivity index (χ2v) is 6.65. The molecule has 28 heavy (non-hydrogen) atoms. The molecule has 3 aromatic rings. The number of nitrogen functional groups attached to an aromatic ring is 1. The van der Waals surface area contributed by atoms with Crippen LogP contribution in [0.3, 0.4) is 0 Å². The SMILES string of the molecule is CCOC(=O)C1Cc2c(nc(N)c(C#N)c2-c2ccccc2)-c2ccccc21. The van der Waals surface area contributed by atoms with Crippen molar-refractivity contribution in [3.8, 4) is 28.5 Å². The molecule has 2 aromatic carbocycles. The molecule has 1 aromatic heterocycles. The van der Waals surface area contributed by atoms with E-state index in [1.165, 1.54) is 0 Å². The predicted molar refractivity (Wildman–Crippen MR) is 107 cm³/mol. The van der Waals surface area contributed by atoms with Crippen molar-refractivity contribution in [1.29, 1.82) is 5.26 Å². The Morgan fingerprint density at radius 2 is 1.93 bits per heavy atom. The predicted octanol–water partition coefficient (Wildman–Crippen LogP) is 4.07. The van der Waals surface area contributed by atoms with Crippen molar-refractivity contribution >= 4 is 11.8 Å². The van der Waals surface area contributed by atoms with Crippen molar-refractivity contribution in [2.24, 2.45) is 0 Å². The van der Waals surface area contributed by atoms with Crippen molar-refractivity contribution in [1.82, 2.24) is 4.98 Å². The molecule has 1 atom stereocenters. The standard InChI is InChI=1S/C23H19N3O2/c1-2-28-23(27)17-12-18-20(14-8-4-3-5-9-14)19(13-24)22(25)26-21(18)16-11-7-6-10-15(16)17/h3-11,17H,2,12H2,1H3,(H2,25,26). The second kappa shape index (κ2) is 7.16. The summed E-state index contributed by atoms with van der Waals surface area (Å²) in [6, 6.07) is 19.5. The molecule has 1 heterocycles. The number of hydrogen-bond acceptors (Lipinski definition) is 5. The smallest absolute Gasteiger partial charge is 0.313 e. The van der Waals surface area contributed by atoms with Gasteiger partial charge in [-0.25, -0.2) is 4.98 Å². The largest absolute Gasteiger partial charge is 0.466 e. The van der Waals surface area contributed by atoms with Crippen molar-refractivity contribution in [3.05, 3.63) is 71.3 Å². The van der Waals surface area contributed by atoms with E-state index in [0.717, 1.165) is 33.5 Å². The number of esters is 1. The summed E-state index contributed by atoms with van der Waals surface area (Å²) in [5, 5.41) is 9.76. The summed E-state index contributed by atoms with van der Waals surface area (Å²) in [4.78, 5) is 17.3. The average Bonchev–Trinajstić information content (AvgIpc) is 2.73. The number of nitrogens with two attached hydrogens (primary N) is 1. The summed E-state index contributed by atoms with van der Waals surface area (Å²) >= 11 is 0. The summed E-state index contributed by atoms with van der Waals surface area (Å²) in [5.74, 6) is -0.512. The Balaban J connectivity index is 2.03. The number of nitrogens with zero attached hydrogens (tertiary/aromatic N) is 2. The Bertz CT molecular complexity index is 1100. The van der Waals surface area contributed by atoms with Gasteiger partial charge >= 0.3 is 5.97 Å². The molecule has 0 fully saturated rings. The minimum Gasteiger partial charge on any atom is -0.466 e. The topological polar surface area (TPSA) is 89.0 Å². The number of anilines is 1. The van der Waals surface area contributed by atoms with Crippen molar-refractivity contribution in [2.45, 2.75) is 19.3 Å². The Kier molecular flexibility index (Phi) is 4.54. The van der Waals surface area contributed by atoms with E-state index >= 15 is 0 Å². The van der Waals surface area contributed by atoms with Gasteiger partial charge in [-0.3, -0.25) is 4.79 Å². The minimum absolute atomic E-state index is 0.199. The van der Waals surface area contributed by atoms with Crippen LogP contribution in [0.15, 0.2) is 54.6 Å². The number of hydrogen-bond donors (Lipinski definition) is 1. The summed E-state index contributed by atoms with van der Waals surface area (Å²) in [5.41, 5.74) is 11.5. The Morgan fingerprint density at radius 1 is 1.21 bits per heavy atom. The molecular formula is C23H19N3O2. The lowest BCUT2D eigenvalue weighted by Gasteiger charge is -2.28. The normalized spacial score (nSPS) is 14.5. The van der Waals surface area contributed by atoms with Crippen LogP contribution in [-0.4, -0.2) is 17.6 Å². The van der Waals surface area contributed by atoms with E-state index in [4.69, 9.17) is 10.5 Å². The number of carbonyl (C=O) groups is 1. The van der Waals surface area contributed by atoms with Gasteiger partial charge in [-0.1, -0.05) is 54.6 Å². The van der Waals surface area contributed by atoms with E-state index in [2.05, 4.69) is 11.1 Å². The number of benzene rings is 2. The fourth-order valence-electron chi connectivity index (χ4n) is 3.88. The molecule has 0 radical (unpaired) electrons. The van der Waals surface area contributed by atoms with E-state index < -0.39 is 5.92 Å². The maximum absolute atomic E-state index is 12.7. The third kappa shape index (κ3) is 2.80. The molecular weight excluding hydrogens is 350 g/mol. The third-order valence-electron chi connectivity index (χ3n) is 5.07. The highest BCUT2D eigenvalue weighted by molar-refractivity contribution is 5.91. The van der Waals surface area contributed by atoms with Crippen molar-refractivity contribution in [2.75, 3.05) is 12.3 Å². The highest BCUT2D eigenvalue weighted by atomic mass is 16.5. The van der Waals surface area contributed by atoms with Gasteiger partial charge in [-0.05, 0) is 30.0 Å². The lowest BCUT2D eigenvalue weighted by molar-refractivity contribution is -0.145. The van der Waals surface area contributed by atoms with Gasteiger partial charge in [-0.2, -0.15) is 5.26 Å². The first-order valence-electron chi connectivity index (χ1n) is 9.19. The maximum atomic E-state index is 12.7. The Morgan fingerprint density at radius 3 is 2.64 bits per heavy atom. The van der Waals surface area contributed by atoms with Crippen LogP contribution in [0.25, 0.3) is 22.4 Å². The molecule has 0 aliphatic heterocycles. The molecule has 0 bridgehead atoms. The fourth-order valence-corrected chi connectivity index (χ4v) is 3.88. The molecule has 0 saturated carbocycles. The highest BCUT2D eigenvalue weighted by Gasteiger charge is 2.34. The van der Waals surface area contributed by atoms with Crippen LogP contribution in [0.4, 0.5) is 5.82 Å². The average molecular weight is 369 g/mol. The molecule has 4 rings (SSSR count). The molecule has 2 N–H and O–H groups in total. The Hall–Kier alpha value is -3.65. The third-order valence-corrected chi connectivity index (χ3v) is 5.07. The summed E-state index contributed by atoms with van der Waals surface area (Å²) in [6.07, 6.45) is 0.414. The van der Waals surface area contributed by atoms with Crippen LogP contribution in [0.5, 0.6) is 0 Å². The van der Waals surface area contributed by atoms with Crippen molar-refractivity contribution in [3.63, 3.8) is 0 Å². The molecule has 0 saturated heterocycles. The van der Waals surface area contributed by atoms with E-state index in [-0.39, 0.29) is 11.8 Å². The van der Waals surface area contributed by atoms with Gasteiger partial charge in [0.05, 0.1) is 18.2 Å². The number of ether oxygens (including phenoxy) is 1. The van der Waals surface area contributed by atoms with E-state index in [9.17, 15) is 10.1 Å². The zero-order valence-electron chi connectivity index (χ0n) is 15.5. The van der Waals surface area contributed by atoms with Gasteiger partial charge in [0.25, 0.3) is 0 Å². The molecule has 1 aliphatic carbocycles. The van der Waals surface area contributed by atoms with Gasteiger partial charge in [-0.15, -0.1) is 0 Å². The van der Waals surface area contributed by atoms with Crippen LogP contribution in [0.2, 0.25) is 0 Å². The van der Waals surface area contributed by atoms with Gasteiger partial charge in [0, 0.05) is 11.1 Å². The highest BCUT2D eigenvalue weighted by Crippen LogP contribution is 2.45. The zero-order valence-corrected chi connectivity index (χ0v) is 15.5. The van der Waals surface area contributed by atoms with Gasteiger partial charge in [0.2, 0.25) is 0 Å². The molecule has 1 unspecified atom stereocenters. The van der Waals surface area contributed by atoms with E-state index in [1.54, 1.807) is 6.92 Å². The summed E-state index contributed by atoms with van der Waals surface area (Å²) in [7, 11) is 0. The number of fused-ring (bicyclic) bond motifs is 3.